The van der Waals surface area contributed by atoms with Crippen LogP contribution in [0.15, 0.2) is 69.7 Å². The molecule has 6 nitrogen and oxygen atoms in total. The number of terminal acetylenes is 1. The number of benzene rings is 2. The highest BCUT2D eigenvalue weighted by atomic mass is 32.2. The fourth-order valence-corrected chi connectivity index (χ4v) is 4.32. The van der Waals surface area contributed by atoms with Crippen LogP contribution in [-0.4, -0.2) is 26.5 Å². The Hall–Kier alpha value is -2.98. The Bertz CT molecular complexity index is 1020. The molecule has 144 valence electrons. The highest BCUT2D eigenvalue weighted by Gasteiger charge is 2.38. The minimum absolute atomic E-state index is 0.234. The third-order valence-corrected chi connectivity index (χ3v) is 6.25. The van der Waals surface area contributed by atoms with Crippen molar-refractivity contribution in [3.8, 4) is 12.3 Å². The predicted octanol–water partition coefficient (Wildman–Crippen LogP) is 3.36. The predicted molar refractivity (Wildman–Crippen MR) is 106 cm³/mol. The molecule has 1 heterocycles. The van der Waals surface area contributed by atoms with Crippen molar-refractivity contribution >= 4 is 15.7 Å². The Balaban J connectivity index is 1.65. The minimum Gasteiger partial charge on any atom is -0.352 e. The summed E-state index contributed by atoms with van der Waals surface area (Å²) in [6.07, 6.45) is 7.10. The normalized spacial score (nSPS) is 14.2. The lowest BCUT2D eigenvalue weighted by Crippen LogP contribution is -2.29. The first-order valence-corrected chi connectivity index (χ1v) is 10.6. The van der Waals surface area contributed by atoms with Crippen molar-refractivity contribution in [1.82, 2.24) is 5.32 Å². The second-order valence-corrected chi connectivity index (χ2v) is 8.61. The van der Waals surface area contributed by atoms with Crippen LogP contribution in [0, 0.1) is 12.3 Å². The van der Waals surface area contributed by atoms with Gasteiger partial charge in [-0.05, 0) is 23.8 Å². The van der Waals surface area contributed by atoms with Crippen LogP contribution < -0.4 is 5.32 Å². The molecule has 0 aliphatic carbocycles. The summed E-state index contributed by atoms with van der Waals surface area (Å²) in [5.74, 6) is 2.02. The van der Waals surface area contributed by atoms with E-state index in [4.69, 9.17) is 6.42 Å². The Morgan fingerprint density at radius 3 is 2.39 bits per heavy atom. The lowest BCUT2D eigenvalue weighted by atomic mass is 10.0. The molecule has 1 aliphatic heterocycles. The summed E-state index contributed by atoms with van der Waals surface area (Å²) in [7, 11) is -3.54. The number of nitrogens with one attached hydrogen (secondary N) is 1. The zero-order valence-corrected chi connectivity index (χ0v) is 16.2. The zero-order chi connectivity index (χ0) is 20.0. The number of carbonyl (C=O) groups is 1. The van der Waals surface area contributed by atoms with E-state index in [1.54, 1.807) is 54.6 Å². The molecule has 0 aromatic heterocycles. The van der Waals surface area contributed by atoms with E-state index in [2.05, 4.69) is 21.5 Å². The number of rotatable bonds is 9. The summed E-state index contributed by atoms with van der Waals surface area (Å²) >= 11 is 0. The van der Waals surface area contributed by atoms with Gasteiger partial charge in [0.05, 0.1) is 10.6 Å². The van der Waals surface area contributed by atoms with Gasteiger partial charge in [0.2, 0.25) is 0 Å². The number of hydrogen-bond acceptors (Lipinski definition) is 5. The molecule has 0 atom stereocenters. The Morgan fingerprint density at radius 2 is 1.71 bits per heavy atom. The van der Waals surface area contributed by atoms with Gasteiger partial charge in [0.15, 0.2) is 15.5 Å². The average Bonchev–Trinajstić information content (AvgIpc) is 3.47. The van der Waals surface area contributed by atoms with Crippen molar-refractivity contribution in [3.63, 3.8) is 0 Å². The number of nitrogens with zero attached hydrogens (tertiary/aromatic N) is 2. The topological polar surface area (TPSA) is 88.0 Å². The van der Waals surface area contributed by atoms with Crippen molar-refractivity contribution in [2.45, 2.75) is 35.6 Å². The zero-order valence-electron chi connectivity index (χ0n) is 15.3. The molecular weight excluding hydrogens is 374 g/mol. The maximum Gasteiger partial charge on any atom is 0.251 e. The van der Waals surface area contributed by atoms with Crippen molar-refractivity contribution in [2.24, 2.45) is 10.2 Å². The van der Waals surface area contributed by atoms with Gasteiger partial charge >= 0.3 is 0 Å². The molecule has 3 rings (SSSR count). The second kappa shape index (κ2) is 8.36. The van der Waals surface area contributed by atoms with Crippen LogP contribution in [0.4, 0.5) is 0 Å². The van der Waals surface area contributed by atoms with Crippen molar-refractivity contribution in [3.05, 3.63) is 65.7 Å². The lowest BCUT2D eigenvalue weighted by Gasteiger charge is -2.12. The van der Waals surface area contributed by atoms with Crippen molar-refractivity contribution in [2.75, 3.05) is 6.54 Å². The van der Waals surface area contributed by atoms with Gasteiger partial charge in [-0.3, -0.25) is 4.79 Å². The molecule has 2 aromatic rings. The summed E-state index contributed by atoms with van der Waals surface area (Å²) < 4.78 is 25.3. The van der Waals surface area contributed by atoms with Gasteiger partial charge in [0.25, 0.3) is 5.91 Å². The van der Waals surface area contributed by atoms with Crippen LogP contribution >= 0.6 is 0 Å². The fraction of sp³-hybridized carbons (Fsp3) is 0.286. The standard InChI is InChI=1S/C21H21N3O3S/c1-2-3-13-21(23-24-21)14-15-22-20(25)19-12-8-7-9-17(19)16-28(26,27)18-10-5-4-6-11-18/h1,4-12H,3,13-16H2,(H,22,25). The molecule has 0 fully saturated rings. The van der Waals surface area contributed by atoms with Crippen molar-refractivity contribution in [1.29, 1.82) is 0 Å². The van der Waals surface area contributed by atoms with Gasteiger partial charge in [-0.1, -0.05) is 36.4 Å². The van der Waals surface area contributed by atoms with E-state index in [1.165, 1.54) is 0 Å². The van der Waals surface area contributed by atoms with Crippen LogP contribution in [0.25, 0.3) is 0 Å². The third kappa shape index (κ3) is 4.84. The highest BCUT2D eigenvalue weighted by Crippen LogP contribution is 2.36. The van der Waals surface area contributed by atoms with E-state index in [-0.39, 0.29) is 16.6 Å². The summed E-state index contributed by atoms with van der Waals surface area (Å²) in [5.41, 5.74) is 0.353. The van der Waals surface area contributed by atoms with Crippen molar-refractivity contribution < 1.29 is 13.2 Å². The summed E-state index contributed by atoms with van der Waals surface area (Å²) in [6.45, 7) is 0.385. The van der Waals surface area contributed by atoms with Crippen LogP contribution in [0.2, 0.25) is 0 Å². The molecule has 0 saturated carbocycles. The first kappa shape index (κ1) is 19.8. The average molecular weight is 395 g/mol. The van der Waals surface area contributed by atoms with Gasteiger partial charge in [-0.2, -0.15) is 10.2 Å². The lowest BCUT2D eigenvalue weighted by molar-refractivity contribution is 0.0951. The van der Waals surface area contributed by atoms with Crippen LogP contribution in [0.1, 0.15) is 35.2 Å². The molecule has 1 amide bonds. The van der Waals surface area contributed by atoms with Crippen LogP contribution in [0.3, 0.4) is 0 Å². The third-order valence-electron chi connectivity index (χ3n) is 4.57. The van der Waals surface area contributed by atoms with E-state index >= 15 is 0 Å². The van der Waals surface area contributed by atoms with Gasteiger partial charge < -0.3 is 5.32 Å². The Morgan fingerprint density at radius 1 is 1.04 bits per heavy atom. The molecule has 2 aromatic carbocycles. The van der Waals surface area contributed by atoms with Gasteiger partial charge in [0, 0.05) is 31.4 Å². The van der Waals surface area contributed by atoms with Gasteiger partial charge in [0.1, 0.15) is 0 Å². The number of hydrogen-bond donors (Lipinski definition) is 1. The van der Waals surface area contributed by atoms with Gasteiger partial charge in [-0.25, -0.2) is 8.42 Å². The van der Waals surface area contributed by atoms with E-state index in [1.807, 2.05) is 0 Å². The SMILES string of the molecule is C#CCCC1(CCNC(=O)c2ccccc2CS(=O)(=O)c2ccccc2)N=N1. The molecule has 28 heavy (non-hydrogen) atoms. The van der Waals surface area contributed by atoms with E-state index in [0.717, 1.165) is 0 Å². The highest BCUT2D eigenvalue weighted by molar-refractivity contribution is 7.90. The number of sulfone groups is 1. The molecule has 0 radical (unpaired) electrons. The quantitative estimate of drug-likeness (QED) is 0.661. The Labute approximate surface area is 165 Å². The molecule has 1 N–H and O–H groups in total. The summed E-state index contributed by atoms with van der Waals surface area (Å²) in [4.78, 5) is 12.8. The molecule has 0 saturated heterocycles. The smallest absolute Gasteiger partial charge is 0.251 e. The van der Waals surface area contributed by atoms with E-state index in [9.17, 15) is 13.2 Å². The minimum atomic E-state index is -3.54. The molecule has 0 spiro atoms. The van der Waals surface area contributed by atoms with E-state index in [0.29, 0.717) is 36.9 Å². The summed E-state index contributed by atoms with van der Waals surface area (Å²) in [6, 6.07) is 14.9. The van der Waals surface area contributed by atoms with E-state index < -0.39 is 15.5 Å². The molecule has 7 heteroatoms. The summed E-state index contributed by atoms with van der Waals surface area (Å²) in [5, 5.41) is 10.9. The second-order valence-electron chi connectivity index (χ2n) is 6.62. The van der Waals surface area contributed by atoms with Gasteiger partial charge in [-0.15, -0.1) is 12.3 Å². The molecular formula is C21H21N3O3S. The molecule has 0 bridgehead atoms. The molecule has 1 aliphatic rings. The first-order valence-electron chi connectivity index (χ1n) is 8.97. The van der Waals surface area contributed by atoms with Crippen LogP contribution in [0.5, 0.6) is 0 Å². The number of carbonyl (C=O) groups excluding carboxylic acids is 1. The maximum atomic E-state index is 12.7. The maximum absolute atomic E-state index is 12.7. The first-order chi connectivity index (χ1) is 13.5. The monoisotopic (exact) mass is 395 g/mol. The largest absolute Gasteiger partial charge is 0.352 e. The van der Waals surface area contributed by atoms with Crippen LogP contribution in [-0.2, 0) is 15.6 Å². The Kier molecular flexibility index (Phi) is 5.90. The molecule has 0 unspecified atom stereocenters. The fourth-order valence-electron chi connectivity index (χ4n) is 2.92. The number of amides is 1.